The Balaban J connectivity index is 2.72. The third kappa shape index (κ3) is 5.02. The number of carbonyl (C=O) groups is 1. The quantitative estimate of drug-likeness (QED) is 0.849. The molecule has 1 unspecified atom stereocenters. The van der Waals surface area contributed by atoms with Gasteiger partial charge in [-0.15, -0.1) is 0 Å². The largest absolute Gasteiger partial charge is 0.496 e. The number of hydrogen-bond donors (Lipinski definition) is 2. The highest BCUT2D eigenvalue weighted by molar-refractivity contribution is 6.30. The van der Waals surface area contributed by atoms with E-state index in [2.05, 4.69) is 5.32 Å². The van der Waals surface area contributed by atoms with Crippen molar-refractivity contribution in [3.8, 4) is 5.75 Å². The van der Waals surface area contributed by atoms with Crippen LogP contribution in [0.15, 0.2) is 18.2 Å². The van der Waals surface area contributed by atoms with Crippen LogP contribution < -0.4 is 10.1 Å². The van der Waals surface area contributed by atoms with Gasteiger partial charge in [-0.2, -0.15) is 0 Å². The van der Waals surface area contributed by atoms with Crippen molar-refractivity contribution in [3.05, 3.63) is 28.8 Å². The van der Waals surface area contributed by atoms with E-state index in [0.29, 0.717) is 28.7 Å². The molecule has 0 aliphatic heterocycles. The summed E-state index contributed by atoms with van der Waals surface area (Å²) in [6, 6.07) is 4.82. The molecule has 1 aromatic carbocycles. The van der Waals surface area contributed by atoms with Crippen LogP contribution in [0.3, 0.4) is 0 Å². The monoisotopic (exact) mass is 299 g/mol. The van der Waals surface area contributed by atoms with Gasteiger partial charge in [0, 0.05) is 11.6 Å². The van der Waals surface area contributed by atoms with Crippen molar-refractivity contribution in [2.24, 2.45) is 5.92 Å². The average molecular weight is 300 g/mol. The Bertz CT molecular complexity index is 472. The molecule has 0 aliphatic carbocycles. The first kappa shape index (κ1) is 16.8. The lowest BCUT2D eigenvalue weighted by atomic mass is 9.94. The van der Waals surface area contributed by atoms with Crippen molar-refractivity contribution in [2.75, 3.05) is 13.7 Å². The number of aliphatic hydroxyl groups is 1. The van der Waals surface area contributed by atoms with Crippen LogP contribution in [0, 0.1) is 5.92 Å². The number of rotatable bonds is 6. The second-order valence-corrected chi connectivity index (χ2v) is 6.06. The van der Waals surface area contributed by atoms with Crippen molar-refractivity contribution < 1.29 is 14.6 Å². The highest BCUT2D eigenvalue weighted by Gasteiger charge is 2.23. The third-order valence-electron chi connectivity index (χ3n) is 2.89. The minimum absolute atomic E-state index is 0.190. The molecule has 0 radical (unpaired) electrons. The van der Waals surface area contributed by atoms with Gasteiger partial charge in [0.2, 0.25) is 0 Å². The zero-order chi connectivity index (χ0) is 15.3. The highest BCUT2D eigenvalue weighted by Crippen LogP contribution is 2.23. The van der Waals surface area contributed by atoms with E-state index in [1.807, 2.05) is 13.8 Å². The molecule has 112 valence electrons. The lowest BCUT2D eigenvalue weighted by Crippen LogP contribution is -2.41. The average Bonchev–Trinajstić information content (AvgIpc) is 2.34. The van der Waals surface area contributed by atoms with E-state index in [-0.39, 0.29) is 12.5 Å². The molecular weight excluding hydrogens is 278 g/mol. The molecule has 0 spiro atoms. The van der Waals surface area contributed by atoms with Crippen molar-refractivity contribution in [1.82, 2.24) is 5.32 Å². The fourth-order valence-electron chi connectivity index (χ4n) is 2.17. The topological polar surface area (TPSA) is 58.6 Å². The SMILES string of the molecule is COc1cc(Cl)ccc1C(=O)NCC(C)(O)CC(C)C. The van der Waals surface area contributed by atoms with Gasteiger partial charge in [0.25, 0.3) is 5.91 Å². The Morgan fingerprint density at radius 3 is 2.70 bits per heavy atom. The maximum Gasteiger partial charge on any atom is 0.255 e. The van der Waals surface area contributed by atoms with Gasteiger partial charge in [0.05, 0.1) is 18.3 Å². The van der Waals surface area contributed by atoms with Crippen LogP contribution in [0.5, 0.6) is 5.75 Å². The van der Waals surface area contributed by atoms with Crippen molar-refractivity contribution in [3.63, 3.8) is 0 Å². The lowest BCUT2D eigenvalue weighted by Gasteiger charge is -2.25. The summed E-state index contributed by atoms with van der Waals surface area (Å²) in [5, 5.41) is 13.4. The fourth-order valence-corrected chi connectivity index (χ4v) is 2.33. The van der Waals surface area contributed by atoms with E-state index in [9.17, 15) is 9.90 Å². The van der Waals surface area contributed by atoms with Gasteiger partial charge in [-0.25, -0.2) is 0 Å². The summed E-state index contributed by atoms with van der Waals surface area (Å²) in [6.07, 6.45) is 0.616. The molecule has 0 aromatic heterocycles. The zero-order valence-electron chi connectivity index (χ0n) is 12.4. The molecule has 0 bridgehead atoms. The highest BCUT2D eigenvalue weighted by atomic mass is 35.5. The molecule has 4 nitrogen and oxygen atoms in total. The van der Waals surface area contributed by atoms with Crippen LogP contribution in [0.1, 0.15) is 37.6 Å². The molecular formula is C15H22ClNO3. The predicted molar refractivity (Wildman–Crippen MR) is 80.4 cm³/mol. The molecule has 1 amide bonds. The second-order valence-electron chi connectivity index (χ2n) is 5.62. The first-order chi connectivity index (χ1) is 9.25. The van der Waals surface area contributed by atoms with Gasteiger partial charge in [0.15, 0.2) is 0 Å². The van der Waals surface area contributed by atoms with Crippen LogP contribution in [-0.2, 0) is 0 Å². The maximum absolute atomic E-state index is 12.1. The number of halogens is 1. The van der Waals surface area contributed by atoms with Crippen LogP contribution >= 0.6 is 11.6 Å². The van der Waals surface area contributed by atoms with Crippen molar-refractivity contribution in [1.29, 1.82) is 0 Å². The molecule has 0 saturated heterocycles. The summed E-state index contributed by atoms with van der Waals surface area (Å²) in [4.78, 5) is 12.1. The Kier molecular flexibility index (Phi) is 5.84. The standard InChI is InChI=1S/C15H22ClNO3/c1-10(2)8-15(3,19)9-17-14(18)12-6-5-11(16)7-13(12)20-4/h5-7,10,19H,8-9H2,1-4H3,(H,17,18). The van der Waals surface area contributed by atoms with Gasteiger partial charge in [-0.05, 0) is 37.5 Å². The van der Waals surface area contributed by atoms with Crippen LogP contribution in [0.25, 0.3) is 0 Å². The number of benzene rings is 1. The number of carbonyl (C=O) groups excluding carboxylic acids is 1. The van der Waals surface area contributed by atoms with Gasteiger partial charge in [0.1, 0.15) is 5.75 Å². The minimum atomic E-state index is -0.927. The molecule has 0 fully saturated rings. The van der Waals surface area contributed by atoms with E-state index in [4.69, 9.17) is 16.3 Å². The summed E-state index contributed by atoms with van der Waals surface area (Å²) in [5.74, 6) is 0.480. The summed E-state index contributed by atoms with van der Waals surface area (Å²) in [5.41, 5.74) is -0.527. The van der Waals surface area contributed by atoms with E-state index in [1.165, 1.54) is 7.11 Å². The number of amides is 1. The molecule has 1 rings (SSSR count). The van der Waals surface area contributed by atoms with Crippen molar-refractivity contribution in [2.45, 2.75) is 32.8 Å². The van der Waals surface area contributed by atoms with Gasteiger partial charge in [-0.3, -0.25) is 4.79 Å². The summed E-state index contributed by atoms with van der Waals surface area (Å²) >= 11 is 5.86. The first-order valence-corrected chi connectivity index (χ1v) is 6.97. The van der Waals surface area contributed by atoms with E-state index in [1.54, 1.807) is 25.1 Å². The van der Waals surface area contributed by atoms with Crippen molar-refractivity contribution >= 4 is 17.5 Å². The van der Waals surface area contributed by atoms with Gasteiger partial charge in [-0.1, -0.05) is 25.4 Å². The predicted octanol–water partition coefficient (Wildman–Crippen LogP) is 2.88. The van der Waals surface area contributed by atoms with Crippen LogP contribution in [0.4, 0.5) is 0 Å². The molecule has 2 N–H and O–H groups in total. The summed E-state index contributed by atoms with van der Waals surface area (Å²) < 4.78 is 5.14. The third-order valence-corrected chi connectivity index (χ3v) is 3.12. The van der Waals surface area contributed by atoms with E-state index < -0.39 is 5.60 Å². The number of methoxy groups -OCH3 is 1. The Hall–Kier alpha value is -1.26. The molecule has 5 heteroatoms. The Morgan fingerprint density at radius 2 is 2.15 bits per heavy atom. The second kappa shape index (κ2) is 6.95. The van der Waals surface area contributed by atoms with Gasteiger partial charge >= 0.3 is 0 Å². The van der Waals surface area contributed by atoms with E-state index in [0.717, 1.165) is 0 Å². The zero-order valence-corrected chi connectivity index (χ0v) is 13.1. The summed E-state index contributed by atoms with van der Waals surface area (Å²) in [6.45, 7) is 5.96. The fraction of sp³-hybridized carbons (Fsp3) is 0.533. The molecule has 0 aliphatic rings. The number of ether oxygens (including phenoxy) is 1. The molecule has 20 heavy (non-hydrogen) atoms. The molecule has 0 heterocycles. The molecule has 1 aromatic rings. The smallest absolute Gasteiger partial charge is 0.255 e. The summed E-state index contributed by atoms with van der Waals surface area (Å²) in [7, 11) is 1.48. The lowest BCUT2D eigenvalue weighted by molar-refractivity contribution is 0.0368. The minimum Gasteiger partial charge on any atom is -0.496 e. The van der Waals surface area contributed by atoms with Gasteiger partial charge < -0.3 is 15.2 Å². The first-order valence-electron chi connectivity index (χ1n) is 6.59. The normalized spacial score (nSPS) is 13.9. The maximum atomic E-state index is 12.1. The number of hydrogen-bond acceptors (Lipinski definition) is 3. The van der Waals surface area contributed by atoms with Crippen LogP contribution in [0.2, 0.25) is 5.02 Å². The number of nitrogens with one attached hydrogen (secondary N) is 1. The Morgan fingerprint density at radius 1 is 1.50 bits per heavy atom. The molecule has 0 saturated carbocycles. The molecule has 1 atom stereocenters. The Labute approximate surface area is 125 Å². The van der Waals surface area contributed by atoms with E-state index >= 15 is 0 Å². The van der Waals surface area contributed by atoms with Crippen LogP contribution in [-0.4, -0.2) is 30.3 Å².